The predicted molar refractivity (Wildman–Crippen MR) is 64.0 cm³/mol. The van der Waals surface area contributed by atoms with Crippen molar-refractivity contribution < 1.29 is 9.84 Å². The van der Waals surface area contributed by atoms with Crippen LogP contribution < -0.4 is 5.73 Å². The number of methoxy groups -OCH3 is 1. The third-order valence-electron chi connectivity index (χ3n) is 2.68. The molecule has 0 aliphatic carbocycles. The van der Waals surface area contributed by atoms with Gasteiger partial charge in [0.15, 0.2) is 0 Å². The van der Waals surface area contributed by atoms with Crippen molar-refractivity contribution in [3.63, 3.8) is 0 Å². The van der Waals surface area contributed by atoms with Gasteiger partial charge >= 0.3 is 0 Å². The van der Waals surface area contributed by atoms with Gasteiger partial charge in [-0.1, -0.05) is 13.8 Å². The third-order valence-corrected chi connectivity index (χ3v) is 2.68. The SMILES string of the molecule is COC(C(C)C)C(O)Cc1cnccc1N. The molecule has 0 radical (unpaired) electrons. The molecule has 4 nitrogen and oxygen atoms in total. The molecule has 1 heterocycles. The fraction of sp³-hybridized carbons (Fsp3) is 0.583. The fourth-order valence-electron chi connectivity index (χ4n) is 1.82. The Labute approximate surface area is 96.5 Å². The number of nitrogen functional groups attached to an aromatic ring is 1. The number of pyridine rings is 1. The number of anilines is 1. The lowest BCUT2D eigenvalue weighted by Crippen LogP contribution is -2.34. The van der Waals surface area contributed by atoms with Crippen LogP contribution in [0.25, 0.3) is 0 Å². The summed E-state index contributed by atoms with van der Waals surface area (Å²) in [5, 5.41) is 10.0. The number of nitrogens with zero attached hydrogens (tertiary/aromatic N) is 1. The van der Waals surface area contributed by atoms with Gasteiger partial charge in [0, 0.05) is 31.6 Å². The van der Waals surface area contributed by atoms with Gasteiger partial charge < -0.3 is 15.6 Å². The summed E-state index contributed by atoms with van der Waals surface area (Å²) < 4.78 is 5.27. The summed E-state index contributed by atoms with van der Waals surface area (Å²) in [7, 11) is 1.61. The van der Waals surface area contributed by atoms with Crippen LogP contribution in [-0.2, 0) is 11.2 Å². The molecule has 1 aromatic rings. The average Bonchev–Trinajstić information content (AvgIpc) is 2.22. The lowest BCUT2D eigenvalue weighted by Gasteiger charge is -2.25. The van der Waals surface area contributed by atoms with E-state index in [9.17, 15) is 5.11 Å². The van der Waals surface area contributed by atoms with Crippen LogP contribution in [-0.4, -0.2) is 29.4 Å². The average molecular weight is 224 g/mol. The molecule has 0 aromatic carbocycles. The van der Waals surface area contributed by atoms with Crippen molar-refractivity contribution in [2.24, 2.45) is 5.92 Å². The van der Waals surface area contributed by atoms with Gasteiger partial charge in [0.1, 0.15) is 0 Å². The molecule has 0 fully saturated rings. The Kier molecular flexibility index (Phi) is 4.71. The van der Waals surface area contributed by atoms with Gasteiger partial charge in [0.05, 0.1) is 12.2 Å². The molecule has 0 saturated carbocycles. The van der Waals surface area contributed by atoms with Crippen molar-refractivity contribution >= 4 is 5.69 Å². The number of aliphatic hydroxyl groups excluding tert-OH is 1. The van der Waals surface area contributed by atoms with Crippen molar-refractivity contribution in [3.8, 4) is 0 Å². The van der Waals surface area contributed by atoms with E-state index in [-0.39, 0.29) is 12.0 Å². The van der Waals surface area contributed by atoms with E-state index in [1.807, 2.05) is 13.8 Å². The first-order valence-corrected chi connectivity index (χ1v) is 5.45. The van der Waals surface area contributed by atoms with Gasteiger partial charge in [-0.25, -0.2) is 0 Å². The number of hydrogen-bond acceptors (Lipinski definition) is 4. The normalized spacial score (nSPS) is 15.1. The molecular formula is C12H20N2O2. The maximum Gasteiger partial charge on any atom is 0.0856 e. The molecule has 0 bridgehead atoms. The predicted octanol–water partition coefficient (Wildman–Crippen LogP) is 1.24. The van der Waals surface area contributed by atoms with E-state index in [0.29, 0.717) is 12.1 Å². The number of ether oxygens (including phenoxy) is 1. The molecule has 0 amide bonds. The Morgan fingerprint density at radius 2 is 2.19 bits per heavy atom. The second kappa shape index (κ2) is 5.82. The topological polar surface area (TPSA) is 68.4 Å². The molecule has 0 aliphatic rings. The summed E-state index contributed by atoms with van der Waals surface area (Å²) >= 11 is 0. The summed E-state index contributed by atoms with van der Waals surface area (Å²) in [5.74, 6) is 0.262. The highest BCUT2D eigenvalue weighted by Gasteiger charge is 2.23. The monoisotopic (exact) mass is 224 g/mol. The van der Waals surface area contributed by atoms with E-state index in [4.69, 9.17) is 10.5 Å². The second-order valence-electron chi connectivity index (χ2n) is 4.29. The molecule has 90 valence electrons. The highest BCUT2D eigenvalue weighted by molar-refractivity contribution is 5.44. The van der Waals surface area contributed by atoms with Crippen LogP contribution in [0.5, 0.6) is 0 Å². The molecule has 4 heteroatoms. The number of aliphatic hydroxyl groups is 1. The van der Waals surface area contributed by atoms with E-state index >= 15 is 0 Å². The largest absolute Gasteiger partial charge is 0.398 e. The lowest BCUT2D eigenvalue weighted by atomic mass is 9.96. The third kappa shape index (κ3) is 3.18. The Hall–Kier alpha value is -1.13. The maximum atomic E-state index is 10.0. The minimum Gasteiger partial charge on any atom is -0.398 e. The number of nitrogens with two attached hydrogens (primary N) is 1. The summed E-state index contributed by atoms with van der Waals surface area (Å²) in [4.78, 5) is 4.00. The van der Waals surface area contributed by atoms with E-state index in [0.717, 1.165) is 5.56 Å². The van der Waals surface area contributed by atoms with Gasteiger partial charge in [-0.2, -0.15) is 0 Å². The first kappa shape index (κ1) is 12.9. The van der Waals surface area contributed by atoms with Crippen LogP contribution in [0.1, 0.15) is 19.4 Å². The van der Waals surface area contributed by atoms with Crippen LogP contribution in [0.4, 0.5) is 5.69 Å². The highest BCUT2D eigenvalue weighted by atomic mass is 16.5. The van der Waals surface area contributed by atoms with Crippen molar-refractivity contribution in [2.75, 3.05) is 12.8 Å². The Morgan fingerprint density at radius 3 is 2.69 bits per heavy atom. The molecule has 3 N–H and O–H groups in total. The molecule has 1 aromatic heterocycles. The van der Waals surface area contributed by atoms with Crippen molar-refractivity contribution in [1.29, 1.82) is 0 Å². The lowest BCUT2D eigenvalue weighted by molar-refractivity contribution is -0.0367. The number of rotatable bonds is 5. The smallest absolute Gasteiger partial charge is 0.0856 e. The summed E-state index contributed by atoms with van der Waals surface area (Å²) in [6.07, 6.45) is 3.06. The molecule has 2 unspecified atom stereocenters. The summed E-state index contributed by atoms with van der Waals surface area (Å²) in [6, 6.07) is 1.74. The standard InChI is InChI=1S/C12H20N2O2/c1-8(2)12(16-3)11(15)6-9-7-14-5-4-10(9)13/h4-5,7-8,11-12,15H,6H2,1-3H3,(H2,13,14). The zero-order valence-electron chi connectivity index (χ0n) is 10.1. The van der Waals surface area contributed by atoms with Gasteiger partial charge in [-0.05, 0) is 17.5 Å². The first-order chi connectivity index (χ1) is 7.56. The number of hydrogen-bond donors (Lipinski definition) is 2. The minimum absolute atomic E-state index is 0.181. The van der Waals surface area contributed by atoms with E-state index in [1.165, 1.54) is 0 Å². The summed E-state index contributed by atoms with van der Waals surface area (Å²) in [5.41, 5.74) is 7.31. The molecule has 0 spiro atoms. The van der Waals surface area contributed by atoms with Gasteiger partial charge in [-0.3, -0.25) is 4.98 Å². The van der Waals surface area contributed by atoms with Gasteiger partial charge in [0.2, 0.25) is 0 Å². The molecule has 0 aliphatic heterocycles. The quantitative estimate of drug-likeness (QED) is 0.789. The van der Waals surface area contributed by atoms with Crippen LogP contribution in [0.15, 0.2) is 18.5 Å². The van der Waals surface area contributed by atoms with Crippen molar-refractivity contribution in [3.05, 3.63) is 24.0 Å². The maximum absolute atomic E-state index is 10.0. The Balaban J connectivity index is 2.70. The van der Waals surface area contributed by atoms with Crippen LogP contribution >= 0.6 is 0 Å². The number of aromatic nitrogens is 1. The fourth-order valence-corrected chi connectivity index (χ4v) is 1.82. The molecule has 1 rings (SSSR count). The molecule has 2 atom stereocenters. The first-order valence-electron chi connectivity index (χ1n) is 5.45. The van der Waals surface area contributed by atoms with Gasteiger partial charge in [-0.15, -0.1) is 0 Å². The van der Waals surface area contributed by atoms with Crippen molar-refractivity contribution in [2.45, 2.75) is 32.5 Å². The zero-order valence-corrected chi connectivity index (χ0v) is 10.1. The van der Waals surface area contributed by atoms with Crippen LogP contribution in [0.2, 0.25) is 0 Å². The molecular weight excluding hydrogens is 204 g/mol. The molecule has 16 heavy (non-hydrogen) atoms. The van der Waals surface area contributed by atoms with Crippen LogP contribution in [0.3, 0.4) is 0 Å². The molecule has 0 saturated heterocycles. The summed E-state index contributed by atoms with van der Waals surface area (Å²) in [6.45, 7) is 4.04. The van der Waals surface area contributed by atoms with Gasteiger partial charge in [0.25, 0.3) is 0 Å². The minimum atomic E-state index is -0.559. The second-order valence-corrected chi connectivity index (χ2v) is 4.29. The zero-order chi connectivity index (χ0) is 12.1. The Morgan fingerprint density at radius 1 is 1.50 bits per heavy atom. The van der Waals surface area contributed by atoms with E-state index in [1.54, 1.807) is 25.6 Å². The van der Waals surface area contributed by atoms with E-state index in [2.05, 4.69) is 4.98 Å². The van der Waals surface area contributed by atoms with E-state index < -0.39 is 6.10 Å². The van der Waals surface area contributed by atoms with Crippen LogP contribution in [0, 0.1) is 5.92 Å². The highest BCUT2D eigenvalue weighted by Crippen LogP contribution is 2.17. The Bertz CT molecular complexity index is 329. The van der Waals surface area contributed by atoms with Crippen molar-refractivity contribution in [1.82, 2.24) is 4.98 Å².